The van der Waals surface area contributed by atoms with Gasteiger partial charge in [0.25, 0.3) is 5.91 Å². The van der Waals surface area contributed by atoms with E-state index in [2.05, 4.69) is 0 Å². The van der Waals surface area contributed by atoms with E-state index in [1.54, 1.807) is 6.92 Å². The molecule has 0 bridgehead atoms. The molecule has 1 amide bonds. The second-order valence-electron chi connectivity index (χ2n) is 3.50. The van der Waals surface area contributed by atoms with Crippen LogP contribution in [0.15, 0.2) is 23.1 Å². The highest BCUT2D eigenvalue weighted by molar-refractivity contribution is 7.79. The van der Waals surface area contributed by atoms with Gasteiger partial charge in [-0.3, -0.25) is 4.79 Å². The van der Waals surface area contributed by atoms with Crippen molar-refractivity contribution in [1.29, 1.82) is 0 Å². The Labute approximate surface area is 113 Å². The molecule has 1 rings (SSSR count). The zero-order chi connectivity index (χ0) is 13.7. The largest absolute Gasteiger partial charge is 0.395 e. The SMILES string of the molecule is CCN(CCO)C(=O)c1ccc(Cl)c(S(=O)O)c1. The molecule has 0 saturated heterocycles. The minimum Gasteiger partial charge on any atom is -0.395 e. The number of halogens is 1. The molecule has 5 nitrogen and oxygen atoms in total. The summed E-state index contributed by atoms with van der Waals surface area (Å²) in [6.07, 6.45) is 0. The maximum absolute atomic E-state index is 12.0. The Morgan fingerprint density at radius 3 is 2.67 bits per heavy atom. The second kappa shape index (κ2) is 6.84. The first-order valence-electron chi connectivity index (χ1n) is 5.31. The van der Waals surface area contributed by atoms with E-state index in [-0.39, 0.29) is 34.5 Å². The van der Waals surface area contributed by atoms with Crippen LogP contribution < -0.4 is 0 Å². The van der Waals surface area contributed by atoms with Crippen molar-refractivity contribution in [3.8, 4) is 0 Å². The lowest BCUT2D eigenvalue weighted by molar-refractivity contribution is 0.0732. The van der Waals surface area contributed by atoms with Crippen LogP contribution in [0.3, 0.4) is 0 Å². The van der Waals surface area contributed by atoms with Gasteiger partial charge in [-0.25, -0.2) is 4.21 Å². The van der Waals surface area contributed by atoms with E-state index in [1.807, 2.05) is 0 Å². The van der Waals surface area contributed by atoms with Crippen molar-refractivity contribution in [3.05, 3.63) is 28.8 Å². The molecule has 0 aliphatic carbocycles. The molecule has 1 aromatic carbocycles. The highest BCUT2D eigenvalue weighted by Crippen LogP contribution is 2.21. The standard InChI is InChI=1S/C11H14ClNO4S/c1-2-13(5-6-14)11(15)8-3-4-9(12)10(7-8)18(16)17/h3-4,7,14H,2,5-6H2,1H3,(H,16,17). The van der Waals surface area contributed by atoms with Crippen molar-refractivity contribution in [1.82, 2.24) is 4.90 Å². The van der Waals surface area contributed by atoms with Gasteiger partial charge in [0.1, 0.15) is 0 Å². The van der Waals surface area contributed by atoms with Crippen LogP contribution in [0, 0.1) is 0 Å². The topological polar surface area (TPSA) is 77.8 Å². The highest BCUT2D eigenvalue weighted by Gasteiger charge is 2.16. The van der Waals surface area contributed by atoms with E-state index in [4.69, 9.17) is 21.3 Å². The third-order valence-corrected chi connectivity index (χ3v) is 3.56. The van der Waals surface area contributed by atoms with E-state index >= 15 is 0 Å². The summed E-state index contributed by atoms with van der Waals surface area (Å²) in [4.78, 5) is 13.5. The van der Waals surface area contributed by atoms with Gasteiger partial charge in [0.2, 0.25) is 0 Å². The molecule has 1 atom stereocenters. The van der Waals surface area contributed by atoms with Crippen LogP contribution in [-0.2, 0) is 11.1 Å². The summed E-state index contributed by atoms with van der Waals surface area (Å²) in [5.74, 6) is -0.310. The lowest BCUT2D eigenvalue weighted by atomic mass is 10.2. The maximum Gasteiger partial charge on any atom is 0.253 e. The monoisotopic (exact) mass is 291 g/mol. The molecule has 1 unspecified atom stereocenters. The fourth-order valence-electron chi connectivity index (χ4n) is 1.48. The van der Waals surface area contributed by atoms with Crippen molar-refractivity contribution in [2.45, 2.75) is 11.8 Å². The van der Waals surface area contributed by atoms with Crippen molar-refractivity contribution >= 4 is 28.6 Å². The zero-order valence-corrected chi connectivity index (χ0v) is 11.4. The van der Waals surface area contributed by atoms with Crippen molar-refractivity contribution in [3.63, 3.8) is 0 Å². The lowest BCUT2D eigenvalue weighted by Crippen LogP contribution is -2.33. The number of hydrogen-bond acceptors (Lipinski definition) is 3. The molecular formula is C11H14ClNO4S. The Morgan fingerprint density at radius 2 is 2.17 bits per heavy atom. The lowest BCUT2D eigenvalue weighted by Gasteiger charge is -2.19. The van der Waals surface area contributed by atoms with E-state index in [0.29, 0.717) is 6.54 Å². The van der Waals surface area contributed by atoms with Gasteiger partial charge in [-0.15, -0.1) is 0 Å². The number of benzene rings is 1. The predicted molar refractivity (Wildman–Crippen MR) is 69.2 cm³/mol. The van der Waals surface area contributed by atoms with Gasteiger partial charge < -0.3 is 14.6 Å². The molecule has 0 radical (unpaired) electrons. The molecule has 0 aliphatic heterocycles. The number of aliphatic hydroxyl groups excluding tert-OH is 1. The molecule has 0 heterocycles. The predicted octanol–water partition coefficient (Wildman–Crippen LogP) is 1.38. The van der Waals surface area contributed by atoms with E-state index in [9.17, 15) is 9.00 Å². The molecule has 0 saturated carbocycles. The van der Waals surface area contributed by atoms with Crippen LogP contribution in [0.1, 0.15) is 17.3 Å². The Balaban J connectivity index is 3.06. The van der Waals surface area contributed by atoms with E-state index in [0.717, 1.165) is 0 Å². The molecule has 0 aliphatic rings. The van der Waals surface area contributed by atoms with E-state index in [1.165, 1.54) is 23.1 Å². The number of aliphatic hydroxyl groups is 1. The van der Waals surface area contributed by atoms with Gasteiger partial charge >= 0.3 is 0 Å². The Morgan fingerprint density at radius 1 is 1.50 bits per heavy atom. The summed E-state index contributed by atoms with van der Waals surface area (Å²) in [5, 5.41) is 8.98. The number of rotatable bonds is 5. The molecule has 0 spiro atoms. The molecular weight excluding hydrogens is 278 g/mol. The molecule has 1 aromatic rings. The van der Waals surface area contributed by atoms with Crippen LogP contribution in [0.25, 0.3) is 0 Å². The van der Waals surface area contributed by atoms with Crippen LogP contribution in [0.2, 0.25) is 5.02 Å². The highest BCUT2D eigenvalue weighted by atomic mass is 35.5. The summed E-state index contributed by atoms with van der Waals surface area (Å²) >= 11 is 3.51. The van der Waals surface area contributed by atoms with Gasteiger partial charge in [-0.05, 0) is 25.1 Å². The average molecular weight is 292 g/mol. The maximum atomic E-state index is 12.0. The summed E-state index contributed by atoms with van der Waals surface area (Å²) in [5.41, 5.74) is 0.270. The molecule has 2 N–H and O–H groups in total. The fraction of sp³-hybridized carbons (Fsp3) is 0.364. The van der Waals surface area contributed by atoms with Crippen molar-refractivity contribution in [2.75, 3.05) is 19.7 Å². The summed E-state index contributed by atoms with van der Waals surface area (Å²) in [7, 11) is 0. The van der Waals surface area contributed by atoms with Gasteiger partial charge in [-0.2, -0.15) is 0 Å². The number of hydrogen-bond donors (Lipinski definition) is 2. The summed E-state index contributed by atoms with van der Waals surface area (Å²) in [6, 6.07) is 4.19. The first kappa shape index (κ1) is 15.1. The van der Waals surface area contributed by atoms with Crippen LogP contribution >= 0.6 is 11.6 Å². The summed E-state index contributed by atoms with van der Waals surface area (Å²) in [6.45, 7) is 2.32. The molecule has 18 heavy (non-hydrogen) atoms. The minimum absolute atomic E-state index is 0.00238. The van der Waals surface area contributed by atoms with Gasteiger partial charge in [0, 0.05) is 18.7 Å². The van der Waals surface area contributed by atoms with Crippen LogP contribution in [0.5, 0.6) is 0 Å². The third-order valence-electron chi connectivity index (χ3n) is 2.41. The fourth-order valence-corrected chi connectivity index (χ4v) is 2.25. The van der Waals surface area contributed by atoms with Crippen LogP contribution in [0.4, 0.5) is 0 Å². The second-order valence-corrected chi connectivity index (χ2v) is 4.85. The minimum atomic E-state index is -2.24. The third kappa shape index (κ3) is 3.52. The van der Waals surface area contributed by atoms with Crippen molar-refractivity contribution in [2.24, 2.45) is 0 Å². The first-order chi connectivity index (χ1) is 8.51. The van der Waals surface area contributed by atoms with Gasteiger partial charge in [0.15, 0.2) is 11.1 Å². The molecule has 100 valence electrons. The Kier molecular flexibility index (Phi) is 5.74. The zero-order valence-electron chi connectivity index (χ0n) is 9.80. The number of carbonyl (C=O) groups excluding carboxylic acids is 1. The smallest absolute Gasteiger partial charge is 0.253 e. The quantitative estimate of drug-likeness (QED) is 0.803. The molecule has 7 heteroatoms. The van der Waals surface area contributed by atoms with Gasteiger partial charge in [-0.1, -0.05) is 11.6 Å². The van der Waals surface area contributed by atoms with Gasteiger partial charge in [0.05, 0.1) is 16.5 Å². The van der Waals surface area contributed by atoms with Crippen molar-refractivity contribution < 1.29 is 18.7 Å². The number of amides is 1. The first-order valence-corrected chi connectivity index (χ1v) is 6.80. The Bertz CT molecular complexity index is 466. The number of nitrogens with zero attached hydrogens (tertiary/aromatic N) is 1. The van der Waals surface area contributed by atoms with Crippen LogP contribution in [-0.4, -0.2) is 44.4 Å². The van der Waals surface area contributed by atoms with E-state index < -0.39 is 11.1 Å². The molecule has 0 aromatic heterocycles. The average Bonchev–Trinajstić information content (AvgIpc) is 2.35. The molecule has 0 fully saturated rings. The number of likely N-dealkylation sites (N-methyl/N-ethyl adjacent to an activating group) is 1. The Hall–Kier alpha value is -0.950. The normalized spacial score (nSPS) is 12.2. The summed E-state index contributed by atoms with van der Waals surface area (Å²) < 4.78 is 20.1. The number of carbonyl (C=O) groups is 1.